The van der Waals surface area contributed by atoms with Gasteiger partial charge in [-0.3, -0.25) is 14.1 Å². The fourth-order valence-electron chi connectivity index (χ4n) is 2.96. The van der Waals surface area contributed by atoms with Crippen molar-refractivity contribution in [1.29, 1.82) is 0 Å². The molecule has 7 heteroatoms. The summed E-state index contributed by atoms with van der Waals surface area (Å²) >= 11 is 0. The summed E-state index contributed by atoms with van der Waals surface area (Å²) < 4.78 is 27.3. The zero-order valence-corrected chi connectivity index (χ0v) is 14.9. The third-order valence-corrected chi connectivity index (χ3v) is 6.25. The van der Waals surface area contributed by atoms with Crippen LogP contribution >= 0.6 is 0 Å². The summed E-state index contributed by atoms with van der Waals surface area (Å²) in [4.78, 5) is 18.6. The van der Waals surface area contributed by atoms with Gasteiger partial charge in [-0.2, -0.15) is 0 Å². The van der Waals surface area contributed by atoms with E-state index in [1.807, 2.05) is 0 Å². The molecule has 1 saturated heterocycles. The van der Waals surface area contributed by atoms with Crippen LogP contribution in [0.5, 0.6) is 0 Å². The molecule has 1 aromatic heterocycles. The molecule has 2 heterocycles. The quantitative estimate of drug-likeness (QED) is 0.841. The molecule has 0 N–H and O–H groups in total. The Morgan fingerprint density at radius 1 is 1.08 bits per heavy atom. The first-order chi connectivity index (χ1) is 12.0. The lowest BCUT2D eigenvalue weighted by Crippen LogP contribution is -2.37. The maximum absolute atomic E-state index is 13.1. The first kappa shape index (κ1) is 17.4. The number of piperidine rings is 1. The lowest BCUT2D eigenvalue weighted by Gasteiger charge is -2.28. The molecule has 1 aliphatic rings. The summed E-state index contributed by atoms with van der Waals surface area (Å²) in [6.45, 7) is 1.34. The predicted molar refractivity (Wildman–Crippen MR) is 96.0 cm³/mol. The number of nitrogens with zero attached hydrogens (tertiary/aromatic N) is 3. The van der Waals surface area contributed by atoms with Crippen molar-refractivity contribution in [3.05, 3.63) is 54.4 Å². The highest BCUT2D eigenvalue weighted by Gasteiger charge is 2.29. The average Bonchev–Trinajstić information content (AvgIpc) is 2.68. The Hall–Kier alpha value is -2.41. The molecule has 132 valence electrons. The zero-order chi connectivity index (χ0) is 17.9. The Morgan fingerprint density at radius 2 is 1.80 bits per heavy atom. The van der Waals surface area contributed by atoms with Gasteiger partial charge < -0.3 is 4.90 Å². The van der Waals surface area contributed by atoms with Crippen molar-refractivity contribution in [2.75, 3.05) is 24.4 Å². The number of sulfonamides is 1. The fraction of sp³-hybridized carbons (Fsp3) is 0.333. The summed E-state index contributed by atoms with van der Waals surface area (Å²) in [6.07, 6.45) is 6.07. The number of likely N-dealkylation sites (tertiary alicyclic amines) is 1. The van der Waals surface area contributed by atoms with Gasteiger partial charge in [0.15, 0.2) is 0 Å². The summed E-state index contributed by atoms with van der Waals surface area (Å²) in [5, 5.41) is 0. The van der Waals surface area contributed by atoms with Crippen molar-refractivity contribution in [2.45, 2.75) is 24.2 Å². The van der Waals surface area contributed by atoms with Gasteiger partial charge >= 0.3 is 0 Å². The van der Waals surface area contributed by atoms with Crippen LogP contribution in [0.25, 0.3) is 0 Å². The van der Waals surface area contributed by atoms with Gasteiger partial charge in [-0.1, -0.05) is 12.1 Å². The monoisotopic (exact) mass is 359 g/mol. The van der Waals surface area contributed by atoms with Crippen molar-refractivity contribution >= 4 is 21.6 Å². The average molecular weight is 359 g/mol. The van der Waals surface area contributed by atoms with Crippen LogP contribution in [0, 0.1) is 0 Å². The van der Waals surface area contributed by atoms with Crippen molar-refractivity contribution in [3.63, 3.8) is 0 Å². The summed E-state index contributed by atoms with van der Waals surface area (Å²) in [5.74, 6) is -0.224. The summed E-state index contributed by atoms with van der Waals surface area (Å²) in [6, 6.07) is 9.74. The Bertz CT molecular complexity index is 847. The Morgan fingerprint density at radius 3 is 2.48 bits per heavy atom. The van der Waals surface area contributed by atoms with Crippen LogP contribution < -0.4 is 4.31 Å². The molecule has 6 nitrogen and oxygen atoms in total. The smallest absolute Gasteiger partial charge is 0.264 e. The number of anilines is 1. The first-order valence-corrected chi connectivity index (χ1v) is 9.73. The molecule has 1 amide bonds. The Labute approximate surface area is 148 Å². The maximum atomic E-state index is 13.1. The second kappa shape index (κ2) is 7.23. The lowest BCUT2D eigenvalue weighted by molar-refractivity contribution is 0.0720. The van der Waals surface area contributed by atoms with Crippen LogP contribution in [-0.2, 0) is 10.0 Å². The van der Waals surface area contributed by atoms with Crippen LogP contribution in [0.3, 0.4) is 0 Å². The highest BCUT2D eigenvalue weighted by Crippen LogP contribution is 2.25. The number of aromatic nitrogens is 1. The Balaban J connectivity index is 1.98. The molecule has 0 saturated carbocycles. The number of amides is 1. The highest BCUT2D eigenvalue weighted by atomic mass is 32.2. The van der Waals surface area contributed by atoms with E-state index in [-0.39, 0.29) is 16.4 Å². The highest BCUT2D eigenvalue weighted by molar-refractivity contribution is 7.92. The van der Waals surface area contributed by atoms with Crippen molar-refractivity contribution in [2.24, 2.45) is 0 Å². The zero-order valence-electron chi connectivity index (χ0n) is 14.1. The van der Waals surface area contributed by atoms with Crippen LogP contribution in [0.2, 0.25) is 0 Å². The van der Waals surface area contributed by atoms with Gasteiger partial charge in [0.2, 0.25) is 0 Å². The minimum absolute atomic E-state index is 0.0249. The molecule has 0 bridgehead atoms. The van der Waals surface area contributed by atoms with Gasteiger partial charge in [0, 0.05) is 26.3 Å². The van der Waals surface area contributed by atoms with E-state index in [0.29, 0.717) is 18.8 Å². The third kappa shape index (κ3) is 3.51. The van der Waals surface area contributed by atoms with Crippen LogP contribution in [-0.4, -0.2) is 44.3 Å². The summed E-state index contributed by atoms with van der Waals surface area (Å²) in [5.41, 5.74) is 0.669. The second-order valence-corrected chi connectivity index (χ2v) is 7.97. The topological polar surface area (TPSA) is 70.6 Å². The minimum Gasteiger partial charge on any atom is -0.339 e. The number of rotatable bonds is 4. The normalized spacial score (nSPS) is 15.0. The number of carbonyl (C=O) groups is 1. The van der Waals surface area contributed by atoms with Gasteiger partial charge in [-0.15, -0.1) is 0 Å². The molecule has 25 heavy (non-hydrogen) atoms. The van der Waals surface area contributed by atoms with Crippen molar-refractivity contribution < 1.29 is 13.2 Å². The molecule has 0 aliphatic carbocycles. The molecule has 1 aliphatic heterocycles. The Kier molecular flexibility index (Phi) is 5.03. The van der Waals surface area contributed by atoms with Gasteiger partial charge in [0.05, 0.1) is 17.4 Å². The van der Waals surface area contributed by atoms with Gasteiger partial charge in [-0.05, 0) is 43.5 Å². The van der Waals surface area contributed by atoms with Crippen LogP contribution in [0.4, 0.5) is 5.69 Å². The van der Waals surface area contributed by atoms with Crippen molar-refractivity contribution in [1.82, 2.24) is 9.88 Å². The lowest BCUT2D eigenvalue weighted by atomic mass is 10.1. The number of pyridine rings is 1. The largest absolute Gasteiger partial charge is 0.339 e. The third-order valence-electron chi connectivity index (χ3n) is 4.41. The molecule has 0 atom stereocenters. The van der Waals surface area contributed by atoms with Crippen LogP contribution in [0.15, 0.2) is 53.7 Å². The fourth-order valence-corrected chi connectivity index (χ4v) is 4.33. The molecule has 1 fully saturated rings. The molecule has 0 spiro atoms. The predicted octanol–water partition coefficient (Wildman–Crippen LogP) is 2.53. The number of carbonyl (C=O) groups excluding carboxylic acids is 1. The number of hydrogen-bond donors (Lipinski definition) is 0. The van der Waals surface area contributed by atoms with Gasteiger partial charge in [0.1, 0.15) is 4.90 Å². The van der Waals surface area contributed by atoms with Crippen molar-refractivity contribution in [3.8, 4) is 0 Å². The molecular formula is C18H21N3O3S. The van der Waals surface area contributed by atoms with E-state index < -0.39 is 10.0 Å². The molecule has 2 aromatic rings. The van der Waals surface area contributed by atoms with Gasteiger partial charge in [0.25, 0.3) is 15.9 Å². The van der Waals surface area contributed by atoms with E-state index in [9.17, 15) is 13.2 Å². The van der Waals surface area contributed by atoms with E-state index in [2.05, 4.69) is 4.98 Å². The molecule has 1 aromatic carbocycles. The molecular weight excluding hydrogens is 338 g/mol. The maximum Gasteiger partial charge on any atom is 0.264 e. The summed E-state index contributed by atoms with van der Waals surface area (Å²) in [7, 11) is -2.39. The number of benzene rings is 1. The SMILES string of the molecule is CN(c1cccnc1)S(=O)(=O)c1ccccc1C(=O)N1CCCCC1. The van der Waals surface area contributed by atoms with Gasteiger partial charge in [-0.25, -0.2) is 8.42 Å². The minimum atomic E-state index is -3.86. The standard InChI is InChI=1S/C18H21N3O3S/c1-20(15-8-7-11-19-14-15)25(23,24)17-10-4-3-9-16(17)18(22)21-12-5-2-6-13-21/h3-4,7-11,14H,2,5-6,12-13H2,1H3. The van der Waals surface area contributed by atoms with E-state index in [4.69, 9.17) is 0 Å². The van der Waals surface area contributed by atoms with E-state index in [1.165, 1.54) is 19.3 Å². The van der Waals surface area contributed by atoms with Crippen LogP contribution in [0.1, 0.15) is 29.6 Å². The number of hydrogen-bond acceptors (Lipinski definition) is 4. The second-order valence-electron chi connectivity index (χ2n) is 6.03. The molecule has 3 rings (SSSR count). The first-order valence-electron chi connectivity index (χ1n) is 8.29. The van der Waals surface area contributed by atoms with E-state index in [1.54, 1.807) is 41.4 Å². The van der Waals surface area contributed by atoms with E-state index in [0.717, 1.165) is 23.6 Å². The van der Waals surface area contributed by atoms with E-state index >= 15 is 0 Å². The molecule has 0 unspecified atom stereocenters. The molecule has 0 radical (unpaired) electrons.